The first-order valence-electron chi connectivity index (χ1n) is 12.5. The first kappa shape index (κ1) is 28.7. The molecule has 1 aliphatic rings. The number of benzene rings is 2. The minimum absolute atomic E-state index is 0.0154. The van der Waals surface area contributed by atoms with Gasteiger partial charge in [0.25, 0.3) is 0 Å². The fourth-order valence-electron chi connectivity index (χ4n) is 4.40. The molecular weight excluding hydrogens is 505 g/mol. The van der Waals surface area contributed by atoms with Gasteiger partial charge in [0.05, 0.1) is 0 Å². The molecule has 0 heterocycles. The van der Waals surface area contributed by atoms with Gasteiger partial charge in [0.2, 0.25) is 0 Å². The van der Waals surface area contributed by atoms with Gasteiger partial charge in [-0.05, 0) is 80.1 Å². The SMILES string of the molecule is CCCCCCN(C(=O)Nc1ccc(OC(F)(F)F)cc1)C1CCc2cc(SC(C)C(=O)O)ccc2C1. The average molecular weight is 539 g/mol. The number of ether oxygens (including phenoxy) is 1. The van der Waals surface area contributed by atoms with Crippen molar-refractivity contribution in [2.24, 2.45) is 0 Å². The van der Waals surface area contributed by atoms with Crippen molar-refractivity contribution in [1.29, 1.82) is 0 Å². The number of thioether (sulfide) groups is 1. The summed E-state index contributed by atoms with van der Waals surface area (Å²) >= 11 is 1.31. The van der Waals surface area contributed by atoms with Crippen LogP contribution in [0.15, 0.2) is 47.4 Å². The molecule has 0 radical (unpaired) electrons. The van der Waals surface area contributed by atoms with Crippen LogP contribution in [0.25, 0.3) is 0 Å². The number of fused-ring (bicyclic) bond motifs is 1. The van der Waals surface area contributed by atoms with Gasteiger partial charge in [-0.25, -0.2) is 4.79 Å². The second kappa shape index (κ2) is 13.1. The summed E-state index contributed by atoms with van der Waals surface area (Å²) in [5, 5.41) is 11.5. The number of urea groups is 1. The van der Waals surface area contributed by atoms with Crippen molar-refractivity contribution in [2.75, 3.05) is 11.9 Å². The van der Waals surface area contributed by atoms with E-state index in [-0.39, 0.29) is 17.8 Å². The molecule has 2 aromatic carbocycles. The predicted molar refractivity (Wildman–Crippen MR) is 138 cm³/mol. The number of carbonyl (C=O) groups excluding carboxylic acids is 1. The van der Waals surface area contributed by atoms with Crippen LogP contribution >= 0.6 is 11.8 Å². The second-order valence-electron chi connectivity index (χ2n) is 9.18. The molecule has 2 amide bonds. The highest BCUT2D eigenvalue weighted by molar-refractivity contribution is 8.00. The van der Waals surface area contributed by atoms with Crippen molar-refractivity contribution in [3.63, 3.8) is 0 Å². The molecule has 202 valence electrons. The Kier molecular flexibility index (Phi) is 10.1. The lowest BCUT2D eigenvalue weighted by Crippen LogP contribution is -2.46. The molecular formula is C27H33F3N2O4S. The number of aliphatic carboxylic acids is 1. The van der Waals surface area contributed by atoms with Gasteiger partial charge in [-0.2, -0.15) is 0 Å². The monoisotopic (exact) mass is 538 g/mol. The van der Waals surface area contributed by atoms with E-state index in [4.69, 9.17) is 0 Å². The van der Waals surface area contributed by atoms with Crippen LogP contribution in [-0.4, -0.2) is 46.2 Å². The molecule has 10 heteroatoms. The Morgan fingerprint density at radius 3 is 2.51 bits per heavy atom. The summed E-state index contributed by atoms with van der Waals surface area (Å²) in [7, 11) is 0. The Morgan fingerprint density at radius 1 is 1.14 bits per heavy atom. The average Bonchev–Trinajstić information content (AvgIpc) is 2.84. The van der Waals surface area contributed by atoms with Crippen LogP contribution in [0.2, 0.25) is 0 Å². The summed E-state index contributed by atoms with van der Waals surface area (Å²) in [6, 6.07) is 10.8. The number of hydrogen-bond donors (Lipinski definition) is 2. The quantitative estimate of drug-likeness (QED) is 0.235. The zero-order valence-corrected chi connectivity index (χ0v) is 21.8. The highest BCUT2D eigenvalue weighted by Crippen LogP contribution is 2.31. The smallest absolute Gasteiger partial charge is 0.480 e. The van der Waals surface area contributed by atoms with Gasteiger partial charge in [-0.3, -0.25) is 4.79 Å². The lowest BCUT2D eigenvalue weighted by molar-refractivity contribution is -0.274. The number of carboxylic acids is 1. The standard InChI is InChI=1S/C27H33F3N2O4S/c1-3-4-5-6-15-32(26(35)31-21-9-12-23(13-10-21)36-27(28,29)30)22-11-7-20-17-24(14-8-19(20)16-22)37-18(2)25(33)34/h8-10,12-14,17-18,22H,3-7,11,15-16H2,1-2H3,(H,31,35)(H,33,34). The molecule has 0 saturated heterocycles. The van der Waals surface area contributed by atoms with Crippen molar-refractivity contribution in [1.82, 2.24) is 4.90 Å². The summed E-state index contributed by atoms with van der Waals surface area (Å²) in [6.45, 7) is 4.37. The first-order chi connectivity index (χ1) is 17.6. The number of carbonyl (C=O) groups is 2. The molecule has 3 rings (SSSR count). The van der Waals surface area contributed by atoms with E-state index in [1.54, 1.807) is 6.92 Å². The van der Waals surface area contributed by atoms with Crippen LogP contribution in [0.5, 0.6) is 5.75 Å². The summed E-state index contributed by atoms with van der Waals surface area (Å²) in [5.74, 6) is -1.20. The van der Waals surface area contributed by atoms with Gasteiger partial charge in [0.1, 0.15) is 11.0 Å². The molecule has 1 aliphatic carbocycles. The van der Waals surface area contributed by atoms with E-state index >= 15 is 0 Å². The number of nitrogens with one attached hydrogen (secondary N) is 1. The lowest BCUT2D eigenvalue weighted by Gasteiger charge is -2.35. The van der Waals surface area contributed by atoms with Crippen LogP contribution < -0.4 is 10.1 Å². The van der Waals surface area contributed by atoms with E-state index < -0.39 is 17.6 Å². The normalized spacial score (nSPS) is 16.0. The number of aryl methyl sites for hydroxylation is 1. The first-order valence-corrected chi connectivity index (χ1v) is 13.4. The van der Waals surface area contributed by atoms with Crippen molar-refractivity contribution < 1.29 is 32.6 Å². The molecule has 2 N–H and O–H groups in total. The van der Waals surface area contributed by atoms with Gasteiger partial charge in [0.15, 0.2) is 0 Å². The number of unbranched alkanes of at least 4 members (excludes halogenated alkanes) is 3. The second-order valence-corrected chi connectivity index (χ2v) is 10.6. The van der Waals surface area contributed by atoms with Crippen LogP contribution in [0.1, 0.15) is 57.1 Å². The minimum atomic E-state index is -4.77. The lowest BCUT2D eigenvalue weighted by atomic mass is 9.87. The van der Waals surface area contributed by atoms with Gasteiger partial charge in [-0.1, -0.05) is 32.3 Å². The van der Waals surface area contributed by atoms with Crippen LogP contribution in [0.3, 0.4) is 0 Å². The number of carboxylic acid groups (broad SMARTS) is 1. The molecule has 2 unspecified atom stereocenters. The Hall–Kier alpha value is -2.88. The molecule has 0 saturated carbocycles. The maximum absolute atomic E-state index is 13.3. The van der Waals surface area contributed by atoms with Crippen molar-refractivity contribution in [2.45, 2.75) is 81.3 Å². The summed E-state index contributed by atoms with van der Waals surface area (Å²) in [5.41, 5.74) is 2.71. The minimum Gasteiger partial charge on any atom is -0.480 e. The third-order valence-electron chi connectivity index (χ3n) is 6.33. The number of rotatable bonds is 11. The third-order valence-corrected chi connectivity index (χ3v) is 7.42. The van der Waals surface area contributed by atoms with E-state index in [9.17, 15) is 27.9 Å². The summed E-state index contributed by atoms with van der Waals surface area (Å²) < 4.78 is 41.2. The Labute approximate surface area is 219 Å². The number of anilines is 1. The van der Waals surface area contributed by atoms with Crippen LogP contribution in [0.4, 0.5) is 23.7 Å². The van der Waals surface area contributed by atoms with Gasteiger partial charge in [0, 0.05) is 23.2 Å². The fraction of sp³-hybridized carbons (Fsp3) is 0.481. The maximum atomic E-state index is 13.3. The molecule has 0 aromatic heterocycles. The highest BCUT2D eigenvalue weighted by atomic mass is 32.2. The van der Waals surface area contributed by atoms with Gasteiger partial charge >= 0.3 is 18.4 Å². The van der Waals surface area contributed by atoms with Crippen LogP contribution in [0, 0.1) is 0 Å². The molecule has 2 atom stereocenters. The van der Waals surface area contributed by atoms with E-state index in [0.717, 1.165) is 49.0 Å². The van der Waals surface area contributed by atoms with E-state index in [1.807, 2.05) is 23.1 Å². The summed E-state index contributed by atoms with van der Waals surface area (Å²) in [6.07, 6.45) is 1.50. The maximum Gasteiger partial charge on any atom is 0.573 e. The van der Waals surface area contributed by atoms with Gasteiger partial charge < -0.3 is 20.1 Å². The number of hydrogen-bond acceptors (Lipinski definition) is 4. The molecule has 0 spiro atoms. The van der Waals surface area contributed by atoms with E-state index in [0.29, 0.717) is 18.7 Å². The Balaban J connectivity index is 1.69. The van der Waals surface area contributed by atoms with Crippen molar-refractivity contribution >= 4 is 29.4 Å². The molecule has 0 aliphatic heterocycles. The zero-order chi connectivity index (χ0) is 27.0. The largest absolute Gasteiger partial charge is 0.573 e. The van der Waals surface area contributed by atoms with Crippen LogP contribution in [-0.2, 0) is 17.6 Å². The van der Waals surface area contributed by atoms with E-state index in [2.05, 4.69) is 17.0 Å². The number of alkyl halides is 3. The Morgan fingerprint density at radius 2 is 1.86 bits per heavy atom. The fourth-order valence-corrected chi connectivity index (χ4v) is 5.27. The third kappa shape index (κ3) is 8.87. The number of amides is 2. The Bertz CT molecular complexity index is 1060. The summed E-state index contributed by atoms with van der Waals surface area (Å²) in [4.78, 5) is 27.2. The van der Waals surface area contributed by atoms with E-state index in [1.165, 1.54) is 41.6 Å². The zero-order valence-electron chi connectivity index (χ0n) is 21.0. The molecule has 6 nitrogen and oxygen atoms in total. The van der Waals surface area contributed by atoms with Crippen molar-refractivity contribution in [3.8, 4) is 5.75 Å². The topological polar surface area (TPSA) is 78.9 Å². The molecule has 2 aromatic rings. The predicted octanol–water partition coefficient (Wildman–Crippen LogP) is 7.12. The molecule has 37 heavy (non-hydrogen) atoms. The highest BCUT2D eigenvalue weighted by Gasteiger charge is 2.31. The number of nitrogens with zero attached hydrogens (tertiary/aromatic N) is 1. The number of halogens is 3. The molecule has 0 fully saturated rings. The molecule has 0 bridgehead atoms. The van der Waals surface area contributed by atoms with Crippen molar-refractivity contribution in [3.05, 3.63) is 53.6 Å². The van der Waals surface area contributed by atoms with Gasteiger partial charge in [-0.15, -0.1) is 24.9 Å².